The third kappa shape index (κ3) is 6.33. The van der Waals surface area contributed by atoms with Crippen molar-refractivity contribution in [2.75, 3.05) is 0 Å². The molecular formula is C15H19F2NO3. The number of hydrogen-bond acceptors (Lipinski definition) is 2. The van der Waals surface area contributed by atoms with Crippen LogP contribution in [0.15, 0.2) is 18.2 Å². The van der Waals surface area contributed by atoms with Crippen molar-refractivity contribution in [3.8, 4) is 0 Å². The first kappa shape index (κ1) is 17.1. The highest BCUT2D eigenvalue weighted by Crippen LogP contribution is 2.14. The van der Waals surface area contributed by atoms with E-state index in [9.17, 15) is 18.4 Å². The quantitative estimate of drug-likeness (QED) is 0.813. The molecule has 0 aliphatic heterocycles. The molecule has 6 heteroatoms. The molecule has 0 spiro atoms. The second-order valence-electron chi connectivity index (χ2n) is 5.56. The summed E-state index contributed by atoms with van der Waals surface area (Å²) in [6.07, 6.45) is 0.343. The maximum atomic E-state index is 13.4. The predicted molar refractivity (Wildman–Crippen MR) is 73.8 cm³/mol. The fourth-order valence-electron chi connectivity index (χ4n) is 1.90. The van der Waals surface area contributed by atoms with Crippen molar-refractivity contribution in [3.63, 3.8) is 0 Å². The largest absolute Gasteiger partial charge is 0.481 e. The first-order chi connectivity index (χ1) is 9.69. The lowest BCUT2D eigenvalue weighted by molar-refractivity contribution is -0.137. The SMILES string of the molecule is CC(C)(CCC(=O)O)NC(=O)CCc1cc(F)ccc1F. The molecule has 21 heavy (non-hydrogen) atoms. The number of carboxylic acids is 1. The molecule has 0 unspecified atom stereocenters. The molecule has 0 bridgehead atoms. The second-order valence-corrected chi connectivity index (χ2v) is 5.56. The molecule has 0 saturated carbocycles. The summed E-state index contributed by atoms with van der Waals surface area (Å²) in [5.74, 6) is -2.35. The average Bonchev–Trinajstić information content (AvgIpc) is 2.37. The number of aliphatic carboxylic acids is 1. The van der Waals surface area contributed by atoms with Gasteiger partial charge in [-0.15, -0.1) is 0 Å². The number of rotatable bonds is 7. The summed E-state index contributed by atoms with van der Waals surface area (Å²) in [5, 5.41) is 11.3. The molecular weight excluding hydrogens is 280 g/mol. The smallest absolute Gasteiger partial charge is 0.303 e. The Kier molecular flexibility index (Phi) is 5.81. The molecule has 0 aromatic heterocycles. The van der Waals surface area contributed by atoms with Crippen LogP contribution in [0.25, 0.3) is 0 Å². The Morgan fingerprint density at radius 3 is 2.52 bits per heavy atom. The second kappa shape index (κ2) is 7.15. The molecule has 0 radical (unpaired) electrons. The number of carbonyl (C=O) groups excluding carboxylic acids is 1. The zero-order valence-corrected chi connectivity index (χ0v) is 12.1. The van der Waals surface area contributed by atoms with Gasteiger partial charge < -0.3 is 10.4 Å². The molecule has 2 N–H and O–H groups in total. The number of amides is 1. The van der Waals surface area contributed by atoms with Gasteiger partial charge in [0.15, 0.2) is 0 Å². The van der Waals surface area contributed by atoms with Crippen LogP contribution in [-0.4, -0.2) is 22.5 Å². The predicted octanol–water partition coefficient (Wildman–Crippen LogP) is 2.66. The van der Waals surface area contributed by atoms with Crippen LogP contribution in [0.2, 0.25) is 0 Å². The molecule has 1 amide bonds. The van der Waals surface area contributed by atoms with Gasteiger partial charge in [-0.3, -0.25) is 9.59 Å². The van der Waals surface area contributed by atoms with Gasteiger partial charge in [-0.25, -0.2) is 8.78 Å². The fraction of sp³-hybridized carbons (Fsp3) is 0.467. The van der Waals surface area contributed by atoms with Gasteiger partial charge in [-0.1, -0.05) is 0 Å². The zero-order valence-electron chi connectivity index (χ0n) is 12.1. The maximum absolute atomic E-state index is 13.4. The van der Waals surface area contributed by atoms with E-state index in [4.69, 9.17) is 5.11 Å². The van der Waals surface area contributed by atoms with Crippen LogP contribution >= 0.6 is 0 Å². The third-order valence-corrected chi connectivity index (χ3v) is 3.07. The Balaban J connectivity index is 2.50. The van der Waals surface area contributed by atoms with E-state index in [1.807, 2.05) is 0 Å². The van der Waals surface area contributed by atoms with E-state index in [-0.39, 0.29) is 30.7 Å². The number of benzene rings is 1. The minimum absolute atomic E-state index is 0.0108. The minimum atomic E-state index is -0.931. The molecule has 0 saturated heterocycles. The van der Waals surface area contributed by atoms with E-state index in [1.54, 1.807) is 13.8 Å². The van der Waals surface area contributed by atoms with Gasteiger partial charge in [0, 0.05) is 18.4 Å². The molecule has 1 rings (SSSR count). The van der Waals surface area contributed by atoms with E-state index >= 15 is 0 Å². The van der Waals surface area contributed by atoms with Gasteiger partial charge in [0.2, 0.25) is 5.91 Å². The van der Waals surface area contributed by atoms with Gasteiger partial charge in [0.1, 0.15) is 11.6 Å². The van der Waals surface area contributed by atoms with Crippen molar-refractivity contribution >= 4 is 11.9 Å². The lowest BCUT2D eigenvalue weighted by Gasteiger charge is -2.25. The normalized spacial score (nSPS) is 11.2. The summed E-state index contributed by atoms with van der Waals surface area (Å²) < 4.78 is 26.4. The van der Waals surface area contributed by atoms with Crippen LogP contribution in [0, 0.1) is 11.6 Å². The molecule has 0 aliphatic rings. The van der Waals surface area contributed by atoms with Gasteiger partial charge >= 0.3 is 5.97 Å². The fourth-order valence-corrected chi connectivity index (χ4v) is 1.90. The minimum Gasteiger partial charge on any atom is -0.481 e. The Bertz CT molecular complexity index is 530. The van der Waals surface area contributed by atoms with E-state index < -0.39 is 23.1 Å². The van der Waals surface area contributed by atoms with Crippen LogP contribution in [0.5, 0.6) is 0 Å². The van der Waals surface area contributed by atoms with E-state index in [0.29, 0.717) is 6.42 Å². The Morgan fingerprint density at radius 2 is 1.90 bits per heavy atom. The van der Waals surface area contributed by atoms with Crippen LogP contribution in [0.4, 0.5) is 8.78 Å². The average molecular weight is 299 g/mol. The molecule has 1 aromatic carbocycles. The Hall–Kier alpha value is -1.98. The number of carbonyl (C=O) groups is 2. The molecule has 0 heterocycles. The Labute approximate surface area is 122 Å². The third-order valence-electron chi connectivity index (χ3n) is 3.07. The molecule has 116 valence electrons. The summed E-state index contributed by atoms with van der Waals surface area (Å²) >= 11 is 0. The first-order valence-corrected chi connectivity index (χ1v) is 6.66. The summed E-state index contributed by atoms with van der Waals surface area (Å²) in [4.78, 5) is 22.3. The maximum Gasteiger partial charge on any atom is 0.303 e. The first-order valence-electron chi connectivity index (χ1n) is 6.66. The Morgan fingerprint density at radius 1 is 1.24 bits per heavy atom. The highest BCUT2D eigenvalue weighted by atomic mass is 19.1. The highest BCUT2D eigenvalue weighted by Gasteiger charge is 2.21. The van der Waals surface area contributed by atoms with Crippen molar-refractivity contribution in [3.05, 3.63) is 35.4 Å². The summed E-state index contributed by atoms with van der Waals surface area (Å²) in [7, 11) is 0. The van der Waals surface area contributed by atoms with E-state index in [1.165, 1.54) is 0 Å². The molecule has 1 aromatic rings. The van der Waals surface area contributed by atoms with E-state index in [0.717, 1.165) is 18.2 Å². The molecule has 0 fully saturated rings. The van der Waals surface area contributed by atoms with Crippen LogP contribution in [0.1, 0.15) is 38.7 Å². The molecule has 0 atom stereocenters. The summed E-state index contributed by atoms with van der Waals surface area (Å²) in [6, 6.07) is 3.12. The molecule has 4 nitrogen and oxygen atoms in total. The summed E-state index contributed by atoms with van der Waals surface area (Å²) in [6.45, 7) is 3.44. The zero-order chi connectivity index (χ0) is 16.0. The number of nitrogens with one attached hydrogen (secondary N) is 1. The lowest BCUT2D eigenvalue weighted by atomic mass is 9.98. The topological polar surface area (TPSA) is 66.4 Å². The van der Waals surface area contributed by atoms with Crippen LogP contribution in [0.3, 0.4) is 0 Å². The number of halogens is 2. The van der Waals surface area contributed by atoms with Crippen molar-refractivity contribution in [1.82, 2.24) is 5.32 Å². The van der Waals surface area contributed by atoms with Crippen LogP contribution in [-0.2, 0) is 16.0 Å². The van der Waals surface area contributed by atoms with Gasteiger partial charge in [-0.05, 0) is 50.5 Å². The number of aryl methyl sites for hydroxylation is 1. The van der Waals surface area contributed by atoms with Crippen molar-refractivity contribution < 1.29 is 23.5 Å². The van der Waals surface area contributed by atoms with Crippen molar-refractivity contribution in [2.24, 2.45) is 0 Å². The van der Waals surface area contributed by atoms with Gasteiger partial charge in [-0.2, -0.15) is 0 Å². The van der Waals surface area contributed by atoms with E-state index in [2.05, 4.69) is 5.32 Å². The molecule has 0 aliphatic carbocycles. The van der Waals surface area contributed by atoms with Crippen molar-refractivity contribution in [1.29, 1.82) is 0 Å². The lowest BCUT2D eigenvalue weighted by Crippen LogP contribution is -2.43. The highest BCUT2D eigenvalue weighted by molar-refractivity contribution is 5.77. The van der Waals surface area contributed by atoms with Crippen molar-refractivity contribution in [2.45, 2.75) is 45.1 Å². The monoisotopic (exact) mass is 299 g/mol. The standard InChI is InChI=1S/C15H19F2NO3/c1-15(2,8-7-14(20)21)18-13(19)6-3-10-9-11(16)4-5-12(10)17/h4-5,9H,3,6-8H2,1-2H3,(H,18,19)(H,20,21). The summed E-state index contributed by atoms with van der Waals surface area (Å²) in [5.41, 5.74) is -0.510. The van der Waals surface area contributed by atoms with Crippen LogP contribution < -0.4 is 5.32 Å². The van der Waals surface area contributed by atoms with Gasteiger partial charge in [0.25, 0.3) is 0 Å². The van der Waals surface area contributed by atoms with Gasteiger partial charge in [0.05, 0.1) is 0 Å². The number of hydrogen-bond donors (Lipinski definition) is 2. The number of carboxylic acid groups (broad SMARTS) is 1.